The minimum absolute atomic E-state index is 0.00681. The van der Waals surface area contributed by atoms with Crippen LogP contribution >= 0.6 is 34.7 Å². The maximum absolute atomic E-state index is 13.2. The Morgan fingerprint density at radius 2 is 1.97 bits per heavy atom. The molecule has 2 unspecified atom stereocenters. The number of nitrogens with one attached hydrogen (secondary N) is 1. The van der Waals surface area contributed by atoms with Crippen LogP contribution in [0.1, 0.15) is 19.5 Å². The van der Waals surface area contributed by atoms with Crippen molar-refractivity contribution in [1.29, 1.82) is 0 Å². The van der Waals surface area contributed by atoms with Crippen LogP contribution in [0, 0.1) is 0 Å². The molecule has 4 rings (SSSR count). The van der Waals surface area contributed by atoms with Gasteiger partial charge in [-0.3, -0.25) is 14.5 Å². The molecule has 2 aromatic rings. The van der Waals surface area contributed by atoms with Crippen LogP contribution in [-0.4, -0.2) is 72.3 Å². The third-order valence-corrected chi connectivity index (χ3v) is 8.17. The lowest BCUT2D eigenvalue weighted by Crippen LogP contribution is -2.71. The molecule has 0 bridgehead atoms. The molecule has 7 N–H and O–H groups in total. The first-order valence-electron chi connectivity index (χ1n) is 11.2. The van der Waals surface area contributed by atoms with Gasteiger partial charge in [-0.15, -0.1) is 11.8 Å². The van der Waals surface area contributed by atoms with Crippen molar-refractivity contribution in [3.63, 3.8) is 0 Å². The van der Waals surface area contributed by atoms with E-state index in [0.29, 0.717) is 11.3 Å². The van der Waals surface area contributed by atoms with E-state index in [0.717, 1.165) is 16.2 Å². The van der Waals surface area contributed by atoms with Crippen molar-refractivity contribution in [2.24, 2.45) is 5.16 Å². The summed E-state index contributed by atoms with van der Waals surface area (Å²) in [5.74, 6) is -3.93. The number of nitrogens with zero attached hydrogens (tertiary/aromatic N) is 4. The molecule has 0 aliphatic carbocycles. The lowest BCUT2D eigenvalue weighted by atomic mass is 10.0. The smallest absolute Gasteiger partial charge is 0.352 e. The number of aliphatic carboxylic acids is 2. The number of nitrogens with two attached hydrogens (primary N) is 2. The van der Waals surface area contributed by atoms with Gasteiger partial charge in [-0.1, -0.05) is 28.1 Å². The number of thiazole rings is 1. The van der Waals surface area contributed by atoms with E-state index in [1.807, 2.05) is 0 Å². The Hall–Kier alpha value is -3.89. The van der Waals surface area contributed by atoms with Crippen molar-refractivity contribution in [2.45, 2.75) is 37.4 Å². The number of pyridine rings is 1. The second kappa shape index (κ2) is 10.7. The molecule has 206 valence electrons. The maximum atomic E-state index is 13.2. The van der Waals surface area contributed by atoms with Gasteiger partial charge in [0.05, 0.1) is 0 Å². The summed E-state index contributed by atoms with van der Waals surface area (Å²) in [5, 5.41) is 24.7. The zero-order valence-corrected chi connectivity index (χ0v) is 22.8. The fourth-order valence-corrected chi connectivity index (χ4v) is 5.93. The zero-order chi connectivity index (χ0) is 28.6. The van der Waals surface area contributed by atoms with Crippen LogP contribution in [0.4, 0.5) is 10.8 Å². The summed E-state index contributed by atoms with van der Waals surface area (Å²) in [7, 11) is 0. The number of nitrogen functional groups attached to an aromatic ring is 2. The fraction of sp³-hybridized carbons (Fsp3) is 0.318. The number of amides is 2. The van der Waals surface area contributed by atoms with Crippen molar-refractivity contribution in [1.82, 2.24) is 15.2 Å². The topological polar surface area (TPSA) is 214 Å². The Balaban J connectivity index is 1.57. The molecule has 2 aliphatic heterocycles. The molecule has 0 spiro atoms. The van der Waals surface area contributed by atoms with Gasteiger partial charge in [0, 0.05) is 29.1 Å². The van der Waals surface area contributed by atoms with E-state index in [2.05, 4.69) is 15.5 Å². The standard InChI is InChI=1S/C22H22ClN7O7S2/c1-22(2,20(35)36)37-28-12(11-15(23)39-21(25)27-11)16(31)26-13-17(32)30-14(19(33)34)9(8-38-18(13)30)7-29-5-3-10(24)4-6-29/h3-6,13,18,24H,7-8H2,1-2H3,(H5,25,26,27,31,33,34,35,36)/p+1/b28-12+. The van der Waals surface area contributed by atoms with Gasteiger partial charge in [-0.25, -0.2) is 19.1 Å². The largest absolute Gasteiger partial charge is 0.478 e. The number of oxime groups is 1. The second-order valence-electron chi connectivity index (χ2n) is 8.94. The van der Waals surface area contributed by atoms with Crippen LogP contribution in [0.3, 0.4) is 0 Å². The molecule has 0 saturated carbocycles. The predicted octanol–water partition coefficient (Wildman–Crippen LogP) is 0.271. The highest BCUT2D eigenvalue weighted by Crippen LogP contribution is 2.40. The summed E-state index contributed by atoms with van der Waals surface area (Å²) in [6.45, 7) is 2.66. The number of fused-ring (bicyclic) bond motifs is 1. The van der Waals surface area contributed by atoms with Crippen LogP contribution in [-0.2, 0) is 30.6 Å². The van der Waals surface area contributed by atoms with Crippen LogP contribution in [0.25, 0.3) is 0 Å². The minimum atomic E-state index is -1.80. The number of carbonyl (C=O) groups excluding carboxylic acids is 2. The monoisotopic (exact) mass is 596 g/mol. The molecule has 2 amide bonds. The van der Waals surface area contributed by atoms with Crippen LogP contribution in [0.5, 0.6) is 0 Å². The number of halogens is 1. The number of anilines is 2. The van der Waals surface area contributed by atoms with Crippen LogP contribution in [0.2, 0.25) is 4.34 Å². The SMILES string of the molecule is CC(C)(O/N=C(/C(=O)NC1C(=O)N2C(C(=O)O)=C(C[n+]3ccc(N)cc3)CSC12)c1nc(N)sc1Cl)C(=O)O. The first-order valence-corrected chi connectivity index (χ1v) is 13.4. The highest BCUT2D eigenvalue weighted by Gasteiger charge is 2.55. The molecule has 39 heavy (non-hydrogen) atoms. The van der Waals surface area contributed by atoms with Crippen molar-refractivity contribution in [3.05, 3.63) is 45.8 Å². The van der Waals surface area contributed by atoms with Crippen molar-refractivity contribution < 1.29 is 38.8 Å². The first-order chi connectivity index (χ1) is 18.3. The molecule has 17 heteroatoms. The molecule has 14 nitrogen and oxygen atoms in total. The summed E-state index contributed by atoms with van der Waals surface area (Å²) in [6.07, 6.45) is 3.40. The molecule has 1 saturated heterocycles. The van der Waals surface area contributed by atoms with Crippen LogP contribution in [0.15, 0.2) is 41.0 Å². The molecule has 0 radical (unpaired) electrons. The first kappa shape index (κ1) is 28.1. The third-order valence-electron chi connectivity index (χ3n) is 5.75. The van der Waals surface area contributed by atoms with Crippen molar-refractivity contribution in [2.75, 3.05) is 17.2 Å². The van der Waals surface area contributed by atoms with E-state index in [-0.39, 0.29) is 33.2 Å². The third kappa shape index (κ3) is 5.62. The molecule has 2 atom stereocenters. The van der Waals surface area contributed by atoms with Gasteiger partial charge >= 0.3 is 11.9 Å². The number of carbonyl (C=O) groups is 4. The molecule has 1 fully saturated rings. The Labute approximate surface area is 234 Å². The fourth-order valence-electron chi connectivity index (χ4n) is 3.66. The lowest BCUT2D eigenvalue weighted by molar-refractivity contribution is -0.688. The van der Waals surface area contributed by atoms with E-state index in [4.69, 9.17) is 27.9 Å². The summed E-state index contributed by atoms with van der Waals surface area (Å²) < 4.78 is 1.73. The predicted molar refractivity (Wildman–Crippen MR) is 142 cm³/mol. The van der Waals surface area contributed by atoms with Gasteiger partial charge in [0.2, 0.25) is 5.60 Å². The van der Waals surface area contributed by atoms with Gasteiger partial charge in [0.15, 0.2) is 29.8 Å². The number of aromatic nitrogens is 2. The molecule has 4 heterocycles. The summed E-state index contributed by atoms with van der Waals surface area (Å²) in [5.41, 5.74) is 9.83. The van der Waals surface area contributed by atoms with E-state index < -0.39 is 46.5 Å². The van der Waals surface area contributed by atoms with Gasteiger partial charge in [-0.05, 0) is 13.8 Å². The number of hydrogen-bond acceptors (Lipinski definition) is 11. The van der Waals surface area contributed by atoms with Gasteiger partial charge in [0.1, 0.15) is 27.1 Å². The Morgan fingerprint density at radius 1 is 1.31 bits per heavy atom. The molecule has 0 aromatic carbocycles. The summed E-state index contributed by atoms with van der Waals surface area (Å²) in [4.78, 5) is 60.1. The molecule has 2 aromatic heterocycles. The van der Waals surface area contributed by atoms with E-state index in [1.165, 1.54) is 25.6 Å². The number of thioether (sulfide) groups is 1. The van der Waals surface area contributed by atoms with E-state index in [9.17, 15) is 29.4 Å². The van der Waals surface area contributed by atoms with Crippen molar-refractivity contribution >= 4 is 75.0 Å². The van der Waals surface area contributed by atoms with E-state index in [1.54, 1.807) is 29.1 Å². The zero-order valence-electron chi connectivity index (χ0n) is 20.5. The Bertz CT molecular complexity index is 1420. The van der Waals surface area contributed by atoms with Gasteiger partial charge < -0.3 is 31.8 Å². The minimum Gasteiger partial charge on any atom is -0.478 e. The molecular formula is C22H23ClN7O7S2+. The summed E-state index contributed by atoms with van der Waals surface area (Å²) in [6, 6.07) is 2.24. The van der Waals surface area contributed by atoms with Gasteiger partial charge in [-0.2, -0.15) is 0 Å². The average molecular weight is 597 g/mol. The molecular weight excluding hydrogens is 574 g/mol. The number of hydrogen-bond donors (Lipinski definition) is 5. The number of carboxylic acids is 2. The Kier molecular flexibility index (Phi) is 7.72. The van der Waals surface area contributed by atoms with Crippen molar-refractivity contribution in [3.8, 4) is 0 Å². The second-order valence-corrected chi connectivity index (χ2v) is 11.7. The van der Waals surface area contributed by atoms with E-state index >= 15 is 0 Å². The highest BCUT2D eigenvalue weighted by molar-refractivity contribution is 8.00. The quantitative estimate of drug-likeness (QED) is 0.115. The van der Waals surface area contributed by atoms with Gasteiger partial charge in [0.25, 0.3) is 11.8 Å². The number of rotatable bonds is 9. The van der Waals surface area contributed by atoms with Crippen LogP contribution < -0.4 is 21.4 Å². The number of β-lactam (4-membered cyclic amide) rings is 1. The average Bonchev–Trinajstić information content (AvgIpc) is 3.20. The Morgan fingerprint density at radius 3 is 2.54 bits per heavy atom. The highest BCUT2D eigenvalue weighted by atomic mass is 35.5. The summed E-state index contributed by atoms with van der Waals surface area (Å²) >= 11 is 8.28. The molecule has 2 aliphatic rings. The normalized spacial score (nSPS) is 19.3. The maximum Gasteiger partial charge on any atom is 0.352 e. The number of carboxylic acid groups (broad SMARTS) is 2. The lowest BCUT2D eigenvalue weighted by Gasteiger charge is -2.49.